The Morgan fingerprint density at radius 2 is 1.88 bits per heavy atom. The van der Waals surface area contributed by atoms with Gasteiger partial charge in [0.25, 0.3) is 5.91 Å². The number of halogens is 1. The van der Waals surface area contributed by atoms with Crippen molar-refractivity contribution in [3.05, 3.63) is 64.3 Å². The number of hydrogen-bond acceptors (Lipinski definition) is 5. The van der Waals surface area contributed by atoms with E-state index in [4.69, 9.17) is 0 Å². The van der Waals surface area contributed by atoms with Gasteiger partial charge in [0.1, 0.15) is 10.7 Å². The highest BCUT2D eigenvalue weighted by Crippen LogP contribution is 2.50. The number of hydrogen-bond donors (Lipinski definition) is 0. The van der Waals surface area contributed by atoms with Gasteiger partial charge >= 0.3 is 0 Å². The normalized spacial score (nSPS) is 21.0. The molecule has 0 atom stereocenters. The number of para-hydroxylation sites is 1. The highest BCUT2D eigenvalue weighted by Gasteiger charge is 2.38. The summed E-state index contributed by atoms with van der Waals surface area (Å²) in [6.07, 6.45) is 0. The number of fused-ring (bicyclic) bond motifs is 1. The first-order valence-corrected chi connectivity index (χ1v) is 9.80. The third-order valence-corrected chi connectivity index (χ3v) is 6.56. The molecule has 0 radical (unpaired) electrons. The van der Waals surface area contributed by atoms with Crippen LogP contribution >= 0.6 is 23.5 Å². The number of nitrogens with zero attached hydrogens (tertiary/aromatic N) is 3. The Balaban J connectivity index is 1.73. The Bertz CT molecular complexity index is 943. The van der Waals surface area contributed by atoms with Crippen molar-refractivity contribution in [3.8, 4) is 0 Å². The molecule has 1 fully saturated rings. The average molecular weight is 385 g/mol. The SMILES string of the molecule is CCN1C(=O)/C(=C2\Sc3cc(F)ccc3N2C)SC1=Nc1ccccc1. The van der Waals surface area contributed by atoms with Gasteiger partial charge in [0.2, 0.25) is 0 Å². The van der Waals surface area contributed by atoms with Crippen molar-refractivity contribution in [2.75, 3.05) is 18.5 Å². The Morgan fingerprint density at radius 1 is 1.12 bits per heavy atom. The van der Waals surface area contributed by atoms with Gasteiger partial charge in [-0.1, -0.05) is 30.0 Å². The van der Waals surface area contributed by atoms with Crippen LogP contribution in [0.25, 0.3) is 0 Å². The largest absolute Gasteiger partial charge is 0.337 e. The zero-order valence-corrected chi connectivity index (χ0v) is 15.9. The maximum atomic E-state index is 13.5. The maximum Gasteiger partial charge on any atom is 0.269 e. The first-order valence-electron chi connectivity index (χ1n) is 8.17. The Kier molecular flexibility index (Phi) is 4.50. The van der Waals surface area contributed by atoms with Gasteiger partial charge in [-0.15, -0.1) is 0 Å². The molecule has 1 saturated heterocycles. The summed E-state index contributed by atoms with van der Waals surface area (Å²) in [4.78, 5) is 22.6. The molecule has 132 valence electrons. The number of rotatable bonds is 2. The predicted octanol–water partition coefficient (Wildman–Crippen LogP) is 4.82. The maximum absolute atomic E-state index is 13.5. The average Bonchev–Trinajstić information content (AvgIpc) is 3.12. The first kappa shape index (κ1) is 17.2. The Labute approximate surface area is 159 Å². The molecule has 0 aliphatic carbocycles. The second-order valence-corrected chi connectivity index (χ2v) is 7.80. The molecule has 0 saturated carbocycles. The smallest absolute Gasteiger partial charge is 0.269 e. The van der Waals surface area contributed by atoms with E-state index < -0.39 is 0 Å². The first-order chi connectivity index (χ1) is 12.6. The summed E-state index contributed by atoms with van der Waals surface area (Å²) in [6.45, 7) is 2.48. The fourth-order valence-electron chi connectivity index (χ4n) is 2.84. The van der Waals surface area contributed by atoms with Crippen LogP contribution in [0, 0.1) is 5.82 Å². The Hall–Kier alpha value is -2.25. The van der Waals surface area contributed by atoms with Crippen molar-refractivity contribution in [3.63, 3.8) is 0 Å². The molecule has 4 rings (SSSR count). The number of anilines is 1. The third-order valence-electron chi connectivity index (χ3n) is 4.15. The molecule has 2 aliphatic heterocycles. The lowest BCUT2D eigenvalue weighted by Crippen LogP contribution is -2.29. The third kappa shape index (κ3) is 2.91. The van der Waals surface area contributed by atoms with E-state index >= 15 is 0 Å². The van der Waals surface area contributed by atoms with Gasteiger partial charge in [0.15, 0.2) is 5.17 Å². The summed E-state index contributed by atoms with van der Waals surface area (Å²) in [6, 6.07) is 14.3. The van der Waals surface area contributed by atoms with Crippen molar-refractivity contribution >= 4 is 46.0 Å². The summed E-state index contributed by atoms with van der Waals surface area (Å²) in [7, 11) is 1.90. The lowest BCUT2D eigenvalue weighted by atomic mass is 10.3. The summed E-state index contributed by atoms with van der Waals surface area (Å²) in [5.41, 5.74) is 1.72. The van der Waals surface area contributed by atoms with Gasteiger partial charge in [-0.2, -0.15) is 0 Å². The van der Waals surface area contributed by atoms with E-state index in [9.17, 15) is 9.18 Å². The highest BCUT2D eigenvalue weighted by atomic mass is 32.2. The minimum Gasteiger partial charge on any atom is -0.337 e. The van der Waals surface area contributed by atoms with E-state index in [-0.39, 0.29) is 11.7 Å². The van der Waals surface area contributed by atoms with Gasteiger partial charge in [-0.25, -0.2) is 9.38 Å². The van der Waals surface area contributed by atoms with E-state index in [0.717, 1.165) is 21.3 Å². The molecule has 1 amide bonds. The van der Waals surface area contributed by atoms with E-state index in [0.29, 0.717) is 16.6 Å². The van der Waals surface area contributed by atoms with Crippen LogP contribution in [-0.2, 0) is 4.79 Å². The minimum absolute atomic E-state index is 0.0604. The number of amides is 1. The van der Waals surface area contributed by atoms with Crippen molar-refractivity contribution < 1.29 is 9.18 Å². The van der Waals surface area contributed by atoms with Gasteiger partial charge in [0.05, 0.1) is 16.4 Å². The van der Waals surface area contributed by atoms with Crippen molar-refractivity contribution in [1.82, 2.24) is 4.90 Å². The fourth-order valence-corrected chi connectivity index (χ4v) is 5.27. The number of amidine groups is 1. The van der Waals surface area contributed by atoms with Crippen LogP contribution < -0.4 is 4.90 Å². The molecule has 26 heavy (non-hydrogen) atoms. The highest BCUT2D eigenvalue weighted by molar-refractivity contribution is 8.19. The fraction of sp³-hybridized carbons (Fsp3) is 0.158. The molecule has 2 aromatic carbocycles. The second kappa shape index (κ2) is 6.81. The number of carbonyl (C=O) groups is 1. The van der Waals surface area contributed by atoms with E-state index in [1.807, 2.05) is 49.2 Å². The lowest BCUT2D eigenvalue weighted by Gasteiger charge is -2.15. The van der Waals surface area contributed by atoms with Crippen LogP contribution in [0.4, 0.5) is 15.8 Å². The monoisotopic (exact) mass is 385 g/mol. The quantitative estimate of drug-likeness (QED) is 0.695. The van der Waals surface area contributed by atoms with E-state index in [1.54, 1.807) is 11.0 Å². The van der Waals surface area contributed by atoms with Crippen molar-refractivity contribution in [1.29, 1.82) is 0 Å². The van der Waals surface area contributed by atoms with Gasteiger partial charge < -0.3 is 4.90 Å². The molecule has 4 nitrogen and oxygen atoms in total. The van der Waals surface area contributed by atoms with Crippen LogP contribution in [0.15, 0.2) is 68.4 Å². The van der Waals surface area contributed by atoms with Crippen LogP contribution in [-0.4, -0.2) is 29.6 Å². The molecule has 0 spiro atoms. The van der Waals surface area contributed by atoms with Crippen molar-refractivity contribution in [2.45, 2.75) is 11.8 Å². The number of thioether (sulfide) groups is 2. The lowest BCUT2D eigenvalue weighted by molar-refractivity contribution is -0.122. The molecule has 0 unspecified atom stereocenters. The summed E-state index contributed by atoms with van der Waals surface area (Å²) < 4.78 is 13.5. The molecule has 2 aromatic rings. The predicted molar refractivity (Wildman–Crippen MR) is 106 cm³/mol. The molecule has 7 heteroatoms. The van der Waals surface area contributed by atoms with Crippen molar-refractivity contribution in [2.24, 2.45) is 4.99 Å². The van der Waals surface area contributed by atoms with Gasteiger partial charge in [-0.05, 0) is 49.0 Å². The summed E-state index contributed by atoms with van der Waals surface area (Å²) in [5, 5.41) is 1.49. The van der Waals surface area contributed by atoms with Gasteiger partial charge in [0, 0.05) is 18.5 Å². The van der Waals surface area contributed by atoms with Crippen LogP contribution in [0.1, 0.15) is 6.92 Å². The zero-order chi connectivity index (χ0) is 18.3. The topological polar surface area (TPSA) is 35.9 Å². The molecular weight excluding hydrogens is 369 g/mol. The molecule has 0 bridgehead atoms. The minimum atomic E-state index is -0.275. The molecular formula is C19H16FN3OS2. The number of carbonyl (C=O) groups excluding carboxylic acids is 1. The molecule has 2 heterocycles. The molecule has 0 aromatic heterocycles. The van der Waals surface area contributed by atoms with Crippen LogP contribution in [0.3, 0.4) is 0 Å². The molecule has 0 N–H and O–H groups in total. The summed E-state index contributed by atoms with van der Waals surface area (Å²) >= 11 is 2.79. The summed E-state index contributed by atoms with van der Waals surface area (Å²) in [5.74, 6) is -0.336. The van der Waals surface area contributed by atoms with Crippen LogP contribution in [0.5, 0.6) is 0 Å². The zero-order valence-electron chi connectivity index (χ0n) is 14.3. The number of aliphatic imine (C=N–C) groups is 1. The standard InChI is InChI=1S/C19H16FN3OS2/c1-3-23-17(24)16(26-19(23)21-13-7-5-4-6-8-13)18-22(2)14-10-9-12(20)11-15(14)25-18/h4-11H,3H2,1-2H3/b18-16+,21-19?. The van der Waals surface area contributed by atoms with Gasteiger partial charge in [-0.3, -0.25) is 9.69 Å². The van der Waals surface area contributed by atoms with E-state index in [2.05, 4.69) is 4.99 Å². The number of likely N-dealkylation sites (N-methyl/N-ethyl adjacent to an activating group) is 1. The Morgan fingerprint density at radius 3 is 2.62 bits per heavy atom. The molecule has 2 aliphatic rings. The van der Waals surface area contributed by atoms with Crippen LogP contribution in [0.2, 0.25) is 0 Å². The number of benzene rings is 2. The van der Waals surface area contributed by atoms with E-state index in [1.165, 1.54) is 35.7 Å². The second-order valence-electron chi connectivity index (χ2n) is 5.79.